The van der Waals surface area contributed by atoms with Crippen molar-refractivity contribution < 1.29 is 33.6 Å². The van der Waals surface area contributed by atoms with Crippen molar-refractivity contribution in [2.75, 3.05) is 31.3 Å². The van der Waals surface area contributed by atoms with Gasteiger partial charge in [0.15, 0.2) is 17.6 Å². The van der Waals surface area contributed by atoms with E-state index in [0.29, 0.717) is 28.5 Å². The van der Waals surface area contributed by atoms with E-state index in [1.807, 2.05) is 30.3 Å². The van der Waals surface area contributed by atoms with E-state index in [0.717, 1.165) is 4.90 Å². The first-order valence-electron chi connectivity index (χ1n) is 11.3. The van der Waals surface area contributed by atoms with Crippen molar-refractivity contribution in [3.8, 4) is 17.2 Å². The molecule has 0 spiro atoms. The van der Waals surface area contributed by atoms with Crippen LogP contribution < -0.4 is 24.2 Å². The third kappa shape index (κ3) is 3.89. The van der Waals surface area contributed by atoms with Crippen LogP contribution in [0, 0.1) is 16.0 Å². The van der Waals surface area contributed by atoms with Gasteiger partial charge in [-0.05, 0) is 42.0 Å². The van der Waals surface area contributed by atoms with Gasteiger partial charge in [0, 0.05) is 12.1 Å². The molecule has 0 saturated carbocycles. The van der Waals surface area contributed by atoms with Crippen LogP contribution in [-0.4, -0.2) is 44.2 Å². The fraction of sp³-hybridized carbons (Fsp3) is 0.231. The first-order chi connectivity index (χ1) is 17.9. The average molecular weight is 505 g/mol. The van der Waals surface area contributed by atoms with Gasteiger partial charge in [0.05, 0.1) is 43.7 Å². The number of fused-ring (bicyclic) bond motifs is 1. The zero-order valence-corrected chi connectivity index (χ0v) is 20.2. The number of nitro groups is 1. The molecule has 5 rings (SSSR count). The second-order valence-electron chi connectivity index (χ2n) is 8.40. The molecule has 3 aromatic carbocycles. The first-order valence-corrected chi connectivity index (χ1v) is 11.3. The highest BCUT2D eigenvalue weighted by Gasteiger charge is 2.60. The molecule has 3 atom stereocenters. The van der Waals surface area contributed by atoms with E-state index >= 15 is 0 Å². The minimum Gasteiger partial charge on any atom is -0.493 e. The number of nitro benzene ring substituents is 1. The molecular weight excluding hydrogens is 482 g/mol. The number of para-hydroxylation sites is 1. The minimum absolute atomic E-state index is 0.148. The monoisotopic (exact) mass is 505 g/mol. The number of methoxy groups -OCH3 is 3. The maximum absolute atomic E-state index is 13.8. The molecule has 37 heavy (non-hydrogen) atoms. The molecule has 0 N–H and O–H groups in total. The SMILES string of the molecule is COc1cc([C@@H]2[C@@H]3C(=O)N(c4ccc([N+](=O)[O-])cc4)C(=O)[C@@H]3ON2c2ccccc2)cc(OC)c1OC. The summed E-state index contributed by atoms with van der Waals surface area (Å²) in [7, 11) is 4.47. The van der Waals surface area contributed by atoms with Crippen LogP contribution in [0.2, 0.25) is 0 Å². The highest BCUT2D eigenvalue weighted by atomic mass is 16.7. The lowest BCUT2D eigenvalue weighted by Crippen LogP contribution is -2.37. The molecule has 2 fully saturated rings. The van der Waals surface area contributed by atoms with E-state index in [2.05, 4.69) is 0 Å². The lowest BCUT2D eigenvalue weighted by atomic mass is 9.90. The topological polar surface area (TPSA) is 121 Å². The molecule has 11 nitrogen and oxygen atoms in total. The summed E-state index contributed by atoms with van der Waals surface area (Å²) in [6, 6.07) is 17.1. The summed E-state index contributed by atoms with van der Waals surface area (Å²) >= 11 is 0. The number of carbonyl (C=O) groups is 2. The van der Waals surface area contributed by atoms with Crippen LogP contribution in [0.25, 0.3) is 0 Å². The van der Waals surface area contributed by atoms with Crippen LogP contribution in [0.4, 0.5) is 17.1 Å². The van der Waals surface area contributed by atoms with Crippen molar-refractivity contribution >= 4 is 28.9 Å². The molecule has 0 bridgehead atoms. The zero-order chi connectivity index (χ0) is 26.3. The summed E-state index contributed by atoms with van der Waals surface area (Å²) in [6.45, 7) is 0. The van der Waals surface area contributed by atoms with Gasteiger partial charge in [-0.2, -0.15) is 0 Å². The number of anilines is 2. The predicted molar refractivity (Wildman–Crippen MR) is 132 cm³/mol. The molecule has 0 radical (unpaired) electrons. The number of benzene rings is 3. The minimum atomic E-state index is -1.10. The summed E-state index contributed by atoms with van der Waals surface area (Å²) < 4.78 is 16.5. The van der Waals surface area contributed by atoms with Crippen molar-refractivity contribution in [3.05, 3.63) is 82.4 Å². The lowest BCUT2D eigenvalue weighted by Gasteiger charge is -2.29. The van der Waals surface area contributed by atoms with Gasteiger partial charge in [-0.3, -0.25) is 24.5 Å². The Kier molecular flexibility index (Phi) is 6.14. The molecular formula is C26H23N3O8. The number of hydroxylamine groups is 1. The summed E-state index contributed by atoms with van der Waals surface area (Å²) in [4.78, 5) is 44.9. The summed E-state index contributed by atoms with van der Waals surface area (Å²) in [5, 5.41) is 12.6. The molecule has 3 aromatic rings. The average Bonchev–Trinajstić information content (AvgIpc) is 3.43. The van der Waals surface area contributed by atoms with Gasteiger partial charge in [-0.1, -0.05) is 18.2 Å². The smallest absolute Gasteiger partial charge is 0.269 e. The zero-order valence-electron chi connectivity index (χ0n) is 20.2. The molecule has 2 amide bonds. The first kappa shape index (κ1) is 24.1. The van der Waals surface area contributed by atoms with Gasteiger partial charge in [0.25, 0.3) is 11.6 Å². The van der Waals surface area contributed by atoms with Crippen LogP contribution in [-0.2, 0) is 14.4 Å². The molecule has 190 valence electrons. The Balaban J connectivity index is 1.61. The van der Waals surface area contributed by atoms with E-state index in [1.165, 1.54) is 45.6 Å². The second-order valence-corrected chi connectivity index (χ2v) is 8.40. The predicted octanol–water partition coefficient (Wildman–Crippen LogP) is 3.67. The van der Waals surface area contributed by atoms with Crippen molar-refractivity contribution in [1.82, 2.24) is 0 Å². The van der Waals surface area contributed by atoms with E-state index in [1.54, 1.807) is 17.2 Å². The van der Waals surface area contributed by atoms with Crippen LogP contribution in [0.15, 0.2) is 66.7 Å². The number of rotatable bonds is 7. The van der Waals surface area contributed by atoms with E-state index < -0.39 is 34.8 Å². The normalized spacial score (nSPS) is 20.7. The van der Waals surface area contributed by atoms with Crippen LogP contribution in [0.5, 0.6) is 17.2 Å². The van der Waals surface area contributed by atoms with Crippen molar-refractivity contribution in [1.29, 1.82) is 0 Å². The van der Waals surface area contributed by atoms with E-state index in [9.17, 15) is 19.7 Å². The summed E-state index contributed by atoms with van der Waals surface area (Å²) in [6.07, 6.45) is -1.10. The number of ether oxygens (including phenoxy) is 3. The van der Waals surface area contributed by atoms with Gasteiger partial charge in [0.2, 0.25) is 11.7 Å². The Labute approximate surface area is 211 Å². The molecule has 2 heterocycles. The van der Waals surface area contributed by atoms with Crippen LogP contribution >= 0.6 is 0 Å². The Morgan fingerprint density at radius 1 is 0.838 bits per heavy atom. The molecule has 0 unspecified atom stereocenters. The molecule has 2 aliphatic heterocycles. The van der Waals surface area contributed by atoms with Gasteiger partial charge in [0.1, 0.15) is 5.92 Å². The largest absolute Gasteiger partial charge is 0.493 e. The Bertz CT molecular complexity index is 1340. The van der Waals surface area contributed by atoms with Gasteiger partial charge >= 0.3 is 0 Å². The molecule has 11 heteroatoms. The Hall–Kier alpha value is -4.64. The Morgan fingerprint density at radius 3 is 2.00 bits per heavy atom. The third-order valence-electron chi connectivity index (χ3n) is 6.47. The fourth-order valence-electron chi connectivity index (χ4n) is 4.80. The molecule has 0 aromatic heterocycles. The summed E-state index contributed by atoms with van der Waals surface area (Å²) in [5.41, 5.74) is 1.34. The van der Waals surface area contributed by atoms with Crippen molar-refractivity contribution in [2.24, 2.45) is 5.92 Å². The molecule has 2 aliphatic rings. The number of hydrogen-bond donors (Lipinski definition) is 0. The Morgan fingerprint density at radius 2 is 1.46 bits per heavy atom. The van der Waals surface area contributed by atoms with Crippen molar-refractivity contribution in [2.45, 2.75) is 12.1 Å². The van der Waals surface area contributed by atoms with Crippen molar-refractivity contribution in [3.63, 3.8) is 0 Å². The van der Waals surface area contributed by atoms with E-state index in [-0.39, 0.29) is 11.4 Å². The quantitative estimate of drug-likeness (QED) is 0.269. The second kappa shape index (κ2) is 9.43. The fourth-order valence-corrected chi connectivity index (χ4v) is 4.80. The number of imide groups is 1. The molecule has 0 aliphatic carbocycles. The highest BCUT2D eigenvalue weighted by Crippen LogP contribution is 2.50. The molecule has 2 saturated heterocycles. The number of amides is 2. The van der Waals surface area contributed by atoms with Gasteiger partial charge in [-0.25, -0.2) is 9.96 Å². The van der Waals surface area contributed by atoms with Crippen LogP contribution in [0.3, 0.4) is 0 Å². The number of hydrogen-bond acceptors (Lipinski definition) is 9. The van der Waals surface area contributed by atoms with Gasteiger partial charge in [-0.15, -0.1) is 0 Å². The number of carbonyl (C=O) groups excluding carboxylic acids is 2. The lowest BCUT2D eigenvalue weighted by molar-refractivity contribution is -0.384. The maximum atomic E-state index is 13.8. The highest BCUT2D eigenvalue weighted by molar-refractivity contribution is 6.24. The number of non-ortho nitro benzene ring substituents is 1. The number of nitrogens with zero attached hydrogens (tertiary/aromatic N) is 3. The van der Waals surface area contributed by atoms with Gasteiger partial charge < -0.3 is 14.2 Å². The summed E-state index contributed by atoms with van der Waals surface area (Å²) in [5.74, 6) is -0.794. The third-order valence-corrected chi connectivity index (χ3v) is 6.47. The van der Waals surface area contributed by atoms with E-state index in [4.69, 9.17) is 19.0 Å². The standard InChI is InChI=1S/C26H23N3O8/c1-34-19-13-15(14-20(35-2)23(19)36-3)22-21-24(37-28(22)17-7-5-4-6-8-17)26(31)27(25(21)30)16-9-11-18(12-10-16)29(32)33/h4-14,21-22,24H,1-3H3/t21-,22+,24+/m0/s1. The maximum Gasteiger partial charge on any atom is 0.269 e. The van der Waals surface area contributed by atoms with Crippen LogP contribution in [0.1, 0.15) is 11.6 Å².